The molecule has 0 saturated carbocycles. The van der Waals surface area contributed by atoms with E-state index in [1.54, 1.807) is 39.1 Å². The second kappa shape index (κ2) is 8.22. The van der Waals surface area contributed by atoms with Gasteiger partial charge in [-0.15, -0.1) is 0 Å². The third-order valence-electron chi connectivity index (χ3n) is 4.69. The van der Waals surface area contributed by atoms with E-state index in [1.165, 1.54) is 23.3 Å². The first-order valence-electron chi connectivity index (χ1n) is 8.99. The third-order valence-corrected chi connectivity index (χ3v) is 6.09. The Labute approximate surface area is 169 Å². The SMILES string of the molecule is Cc1ccc(S(=O)(=O)NCc2ccco2)cc1C(=O)N(C)Cc1c(C)noc1C. The number of furan rings is 1. The normalized spacial score (nSPS) is 11.6. The quantitative estimate of drug-likeness (QED) is 0.634. The molecule has 0 fully saturated rings. The highest BCUT2D eigenvalue weighted by molar-refractivity contribution is 7.89. The zero-order chi connectivity index (χ0) is 21.2. The smallest absolute Gasteiger partial charge is 0.254 e. The molecule has 2 aromatic heterocycles. The number of hydrogen-bond acceptors (Lipinski definition) is 6. The van der Waals surface area contributed by atoms with Crippen LogP contribution in [0, 0.1) is 20.8 Å². The monoisotopic (exact) mass is 417 g/mol. The fourth-order valence-corrected chi connectivity index (χ4v) is 3.92. The lowest BCUT2D eigenvalue weighted by Crippen LogP contribution is -2.28. The van der Waals surface area contributed by atoms with Crippen LogP contribution in [0.4, 0.5) is 0 Å². The van der Waals surface area contributed by atoms with Crippen LogP contribution in [0.15, 0.2) is 50.4 Å². The van der Waals surface area contributed by atoms with Crippen LogP contribution in [0.1, 0.15) is 38.7 Å². The minimum atomic E-state index is -3.80. The Kier molecular flexibility index (Phi) is 5.90. The second-order valence-corrected chi connectivity index (χ2v) is 8.61. The van der Waals surface area contributed by atoms with E-state index in [1.807, 2.05) is 6.92 Å². The predicted octanol–water partition coefficient (Wildman–Crippen LogP) is 2.94. The standard InChI is InChI=1S/C20H23N3O5S/c1-13-7-8-17(29(25,26)21-11-16-6-5-9-27-16)10-18(13)20(24)23(4)12-19-14(2)22-28-15(19)3/h5-10,21H,11-12H2,1-4H3. The molecule has 0 saturated heterocycles. The van der Waals surface area contributed by atoms with E-state index in [0.717, 1.165) is 11.3 Å². The van der Waals surface area contributed by atoms with Crippen molar-refractivity contribution in [3.8, 4) is 0 Å². The molecule has 1 N–H and O–H groups in total. The summed E-state index contributed by atoms with van der Waals surface area (Å²) in [5.74, 6) is 0.860. The molecule has 2 heterocycles. The van der Waals surface area contributed by atoms with Gasteiger partial charge in [0.1, 0.15) is 11.5 Å². The van der Waals surface area contributed by atoms with E-state index in [9.17, 15) is 13.2 Å². The molecule has 0 spiro atoms. The number of hydrogen-bond donors (Lipinski definition) is 1. The van der Waals surface area contributed by atoms with Gasteiger partial charge in [0.05, 0.1) is 29.9 Å². The van der Waals surface area contributed by atoms with Crippen LogP contribution in [-0.4, -0.2) is 31.4 Å². The maximum absolute atomic E-state index is 13.0. The van der Waals surface area contributed by atoms with Crippen LogP contribution in [0.2, 0.25) is 0 Å². The molecule has 29 heavy (non-hydrogen) atoms. The predicted molar refractivity (Wildman–Crippen MR) is 106 cm³/mol. The van der Waals surface area contributed by atoms with Crippen LogP contribution in [-0.2, 0) is 23.1 Å². The molecule has 0 radical (unpaired) electrons. The van der Waals surface area contributed by atoms with Gasteiger partial charge in [-0.25, -0.2) is 13.1 Å². The Morgan fingerprint density at radius 3 is 2.59 bits per heavy atom. The van der Waals surface area contributed by atoms with Gasteiger partial charge in [-0.3, -0.25) is 4.79 Å². The van der Waals surface area contributed by atoms with Gasteiger partial charge in [-0.2, -0.15) is 0 Å². The van der Waals surface area contributed by atoms with E-state index < -0.39 is 10.0 Å². The molecule has 1 aromatic carbocycles. The highest BCUT2D eigenvalue weighted by Crippen LogP contribution is 2.20. The van der Waals surface area contributed by atoms with Gasteiger partial charge in [0.2, 0.25) is 10.0 Å². The molecule has 3 rings (SSSR count). The van der Waals surface area contributed by atoms with Crippen molar-refractivity contribution in [2.45, 2.75) is 38.8 Å². The van der Waals surface area contributed by atoms with Crippen LogP contribution in [0.5, 0.6) is 0 Å². The number of carbonyl (C=O) groups excluding carboxylic acids is 1. The Hall–Kier alpha value is -2.91. The number of nitrogens with zero attached hydrogens (tertiary/aromatic N) is 2. The fraction of sp³-hybridized carbons (Fsp3) is 0.300. The summed E-state index contributed by atoms with van der Waals surface area (Å²) < 4.78 is 38.0. The lowest BCUT2D eigenvalue weighted by molar-refractivity contribution is 0.0783. The van der Waals surface area contributed by atoms with Gasteiger partial charge in [0.15, 0.2) is 0 Å². The topological polar surface area (TPSA) is 106 Å². The van der Waals surface area contributed by atoms with Crippen molar-refractivity contribution < 1.29 is 22.2 Å². The number of aryl methyl sites for hydroxylation is 3. The molecular weight excluding hydrogens is 394 g/mol. The number of nitrogens with one attached hydrogen (secondary N) is 1. The second-order valence-electron chi connectivity index (χ2n) is 6.84. The molecule has 8 nitrogen and oxygen atoms in total. The van der Waals surface area contributed by atoms with Crippen molar-refractivity contribution in [2.24, 2.45) is 0 Å². The summed E-state index contributed by atoms with van der Waals surface area (Å²) in [5, 5.41) is 3.90. The number of rotatable bonds is 7. The van der Waals surface area contributed by atoms with Crippen molar-refractivity contribution in [1.29, 1.82) is 0 Å². The fourth-order valence-electron chi connectivity index (χ4n) is 2.90. The number of carbonyl (C=O) groups is 1. The molecule has 154 valence electrons. The zero-order valence-electron chi connectivity index (χ0n) is 16.7. The van der Waals surface area contributed by atoms with Crippen molar-refractivity contribution >= 4 is 15.9 Å². The summed E-state index contributed by atoms with van der Waals surface area (Å²) in [4.78, 5) is 14.5. The van der Waals surface area contributed by atoms with Crippen molar-refractivity contribution in [3.63, 3.8) is 0 Å². The summed E-state index contributed by atoms with van der Waals surface area (Å²) in [6, 6.07) is 7.85. The average molecular weight is 417 g/mol. The van der Waals surface area contributed by atoms with Gasteiger partial charge in [0.25, 0.3) is 5.91 Å². The maximum atomic E-state index is 13.0. The molecule has 0 atom stereocenters. The van der Waals surface area contributed by atoms with Crippen LogP contribution in [0.25, 0.3) is 0 Å². The lowest BCUT2D eigenvalue weighted by atomic mass is 10.1. The largest absolute Gasteiger partial charge is 0.468 e. The number of sulfonamides is 1. The molecule has 0 bridgehead atoms. The molecule has 0 unspecified atom stereocenters. The first-order valence-corrected chi connectivity index (χ1v) is 10.5. The zero-order valence-corrected chi connectivity index (χ0v) is 17.5. The molecule has 0 aliphatic carbocycles. The number of benzene rings is 1. The Morgan fingerprint density at radius 1 is 1.21 bits per heavy atom. The van der Waals surface area contributed by atoms with Crippen molar-refractivity contribution in [3.05, 3.63) is 70.5 Å². The van der Waals surface area contributed by atoms with Crippen molar-refractivity contribution in [1.82, 2.24) is 14.8 Å². The molecule has 1 amide bonds. The Balaban J connectivity index is 1.81. The minimum Gasteiger partial charge on any atom is -0.468 e. The van der Waals surface area contributed by atoms with E-state index in [2.05, 4.69) is 9.88 Å². The van der Waals surface area contributed by atoms with Crippen LogP contribution < -0.4 is 4.72 Å². The van der Waals surface area contributed by atoms with Crippen LogP contribution in [0.3, 0.4) is 0 Å². The van der Waals surface area contributed by atoms with E-state index in [0.29, 0.717) is 29.2 Å². The summed E-state index contributed by atoms with van der Waals surface area (Å²) >= 11 is 0. The Morgan fingerprint density at radius 2 is 1.97 bits per heavy atom. The highest BCUT2D eigenvalue weighted by Gasteiger charge is 2.22. The van der Waals surface area contributed by atoms with Crippen molar-refractivity contribution in [2.75, 3.05) is 7.05 Å². The summed E-state index contributed by atoms with van der Waals surface area (Å²) in [5.41, 5.74) is 2.56. The van der Waals surface area contributed by atoms with Crippen LogP contribution >= 0.6 is 0 Å². The molecule has 3 aromatic rings. The van der Waals surface area contributed by atoms with Gasteiger partial charge < -0.3 is 13.8 Å². The third kappa shape index (κ3) is 4.57. The maximum Gasteiger partial charge on any atom is 0.254 e. The summed E-state index contributed by atoms with van der Waals surface area (Å²) in [6.45, 7) is 5.71. The molecular formula is C20H23N3O5S. The first-order chi connectivity index (χ1) is 13.7. The number of aromatic nitrogens is 1. The average Bonchev–Trinajstić information content (AvgIpc) is 3.31. The van der Waals surface area contributed by atoms with Gasteiger partial charge in [-0.1, -0.05) is 11.2 Å². The highest BCUT2D eigenvalue weighted by atomic mass is 32.2. The lowest BCUT2D eigenvalue weighted by Gasteiger charge is -2.19. The molecule has 0 aliphatic heterocycles. The summed E-state index contributed by atoms with van der Waals surface area (Å²) in [7, 11) is -2.15. The van der Waals surface area contributed by atoms with E-state index in [4.69, 9.17) is 8.94 Å². The first kappa shape index (κ1) is 20.8. The summed E-state index contributed by atoms with van der Waals surface area (Å²) in [6.07, 6.45) is 1.47. The Bertz CT molecular complexity index is 1100. The van der Waals surface area contributed by atoms with Gasteiger partial charge >= 0.3 is 0 Å². The molecule has 0 aliphatic rings. The van der Waals surface area contributed by atoms with Gasteiger partial charge in [0, 0.05) is 18.2 Å². The number of amides is 1. The molecule has 9 heteroatoms. The minimum absolute atomic E-state index is 0.0174. The van der Waals surface area contributed by atoms with E-state index in [-0.39, 0.29) is 17.3 Å². The van der Waals surface area contributed by atoms with E-state index >= 15 is 0 Å². The van der Waals surface area contributed by atoms with Gasteiger partial charge in [-0.05, 0) is 50.6 Å².